The Morgan fingerprint density at radius 1 is 1.24 bits per heavy atom. The number of pyridine rings is 1. The van der Waals surface area contributed by atoms with E-state index in [-0.39, 0.29) is 11.9 Å². The van der Waals surface area contributed by atoms with Gasteiger partial charge in [0, 0.05) is 36.2 Å². The molecule has 2 fully saturated rings. The Hall–Kier alpha value is -2.34. The Bertz CT molecular complexity index is 764. The molecule has 130 valence electrons. The van der Waals surface area contributed by atoms with Crippen LogP contribution in [0.3, 0.4) is 0 Å². The van der Waals surface area contributed by atoms with Crippen LogP contribution in [0, 0.1) is 6.92 Å². The lowest BCUT2D eigenvalue weighted by Crippen LogP contribution is -2.52. The number of nitrogens with zero attached hydrogens (tertiary/aromatic N) is 4. The van der Waals surface area contributed by atoms with Crippen LogP contribution in [0.5, 0.6) is 0 Å². The highest BCUT2D eigenvalue weighted by molar-refractivity contribution is 5.95. The normalized spacial score (nSPS) is 23.2. The molecule has 0 unspecified atom stereocenters. The lowest BCUT2D eigenvalue weighted by molar-refractivity contribution is 0.0866. The van der Waals surface area contributed by atoms with Crippen molar-refractivity contribution in [1.29, 1.82) is 0 Å². The van der Waals surface area contributed by atoms with E-state index in [1.54, 1.807) is 18.6 Å². The van der Waals surface area contributed by atoms with E-state index in [9.17, 15) is 4.79 Å². The second-order valence-corrected chi connectivity index (χ2v) is 6.90. The molecule has 1 N–H and O–H groups in total. The first kappa shape index (κ1) is 16.1. The van der Waals surface area contributed by atoms with E-state index in [4.69, 9.17) is 0 Å². The van der Waals surface area contributed by atoms with Crippen LogP contribution >= 0.6 is 0 Å². The molecule has 2 aromatic heterocycles. The summed E-state index contributed by atoms with van der Waals surface area (Å²) in [6.45, 7) is 4.19. The summed E-state index contributed by atoms with van der Waals surface area (Å²) < 4.78 is 0. The fraction of sp³-hybridized carbons (Fsp3) is 0.474. The van der Waals surface area contributed by atoms with Gasteiger partial charge in [-0.3, -0.25) is 14.7 Å². The van der Waals surface area contributed by atoms with E-state index in [2.05, 4.69) is 25.2 Å². The molecule has 0 aromatic carbocycles. The lowest BCUT2D eigenvalue weighted by Gasteiger charge is -2.37. The highest BCUT2D eigenvalue weighted by Gasteiger charge is 2.35. The van der Waals surface area contributed by atoms with Gasteiger partial charge in [-0.15, -0.1) is 0 Å². The van der Waals surface area contributed by atoms with Crippen molar-refractivity contribution in [3.63, 3.8) is 0 Å². The third-order valence-corrected chi connectivity index (χ3v) is 5.30. The molecule has 2 aromatic rings. The molecule has 0 spiro atoms. The molecule has 1 amide bonds. The van der Waals surface area contributed by atoms with E-state index in [0.29, 0.717) is 23.1 Å². The molecule has 2 aliphatic rings. The average molecular weight is 337 g/mol. The first-order chi connectivity index (χ1) is 12.2. The van der Waals surface area contributed by atoms with Crippen molar-refractivity contribution in [2.75, 3.05) is 13.1 Å². The Labute approximate surface area is 147 Å². The fourth-order valence-corrected chi connectivity index (χ4v) is 4.03. The maximum Gasteiger partial charge on any atom is 0.254 e. The van der Waals surface area contributed by atoms with Crippen LogP contribution in [0.15, 0.2) is 30.7 Å². The minimum absolute atomic E-state index is 0.0611. The van der Waals surface area contributed by atoms with E-state index in [0.717, 1.165) is 18.4 Å². The smallest absolute Gasteiger partial charge is 0.254 e. The van der Waals surface area contributed by atoms with E-state index in [1.807, 2.05) is 19.1 Å². The van der Waals surface area contributed by atoms with Crippen molar-refractivity contribution in [2.45, 2.75) is 44.7 Å². The molecule has 6 heteroatoms. The number of nitrogens with one attached hydrogen (secondary N) is 1. The third-order valence-electron chi connectivity index (χ3n) is 5.30. The van der Waals surface area contributed by atoms with Crippen LogP contribution in [-0.4, -0.2) is 50.9 Å². The number of hydrogen-bond donors (Lipinski definition) is 1. The summed E-state index contributed by atoms with van der Waals surface area (Å²) in [5, 5.41) is 3.23. The van der Waals surface area contributed by atoms with Crippen LogP contribution in [0.1, 0.15) is 41.7 Å². The highest BCUT2D eigenvalue weighted by atomic mass is 16.1. The van der Waals surface area contributed by atoms with Gasteiger partial charge in [-0.1, -0.05) is 0 Å². The number of piperidine rings is 1. The molecule has 2 saturated heterocycles. The van der Waals surface area contributed by atoms with E-state index >= 15 is 0 Å². The van der Waals surface area contributed by atoms with E-state index in [1.165, 1.54) is 25.9 Å². The van der Waals surface area contributed by atoms with Gasteiger partial charge in [-0.05, 0) is 57.8 Å². The van der Waals surface area contributed by atoms with Crippen molar-refractivity contribution in [3.8, 4) is 11.4 Å². The van der Waals surface area contributed by atoms with Crippen LogP contribution in [0.2, 0.25) is 0 Å². The summed E-state index contributed by atoms with van der Waals surface area (Å²) in [7, 11) is 0. The Balaban J connectivity index is 1.50. The van der Waals surface area contributed by atoms with E-state index < -0.39 is 0 Å². The summed E-state index contributed by atoms with van der Waals surface area (Å²) in [6, 6.07) is 4.50. The Kier molecular flexibility index (Phi) is 4.44. The van der Waals surface area contributed by atoms with Crippen molar-refractivity contribution >= 4 is 5.91 Å². The largest absolute Gasteiger partial charge is 0.348 e. The molecule has 4 heterocycles. The van der Waals surface area contributed by atoms with Gasteiger partial charge in [0.15, 0.2) is 5.82 Å². The topological polar surface area (TPSA) is 71.0 Å². The number of aryl methyl sites for hydroxylation is 1. The number of hydrogen-bond acceptors (Lipinski definition) is 5. The molecule has 0 radical (unpaired) electrons. The zero-order chi connectivity index (χ0) is 17.2. The van der Waals surface area contributed by atoms with Gasteiger partial charge < -0.3 is 5.32 Å². The molecular formula is C19H23N5O. The number of aromatic nitrogens is 3. The lowest BCUT2D eigenvalue weighted by atomic mass is 9.96. The monoisotopic (exact) mass is 337 g/mol. The highest BCUT2D eigenvalue weighted by Crippen LogP contribution is 2.27. The standard InChI is InChI=1S/C19H23N5O/c1-13-15(12-21-18(22-13)14-5-2-8-20-11-14)19(25)23-16-6-3-9-24-10-4-7-17(16)24/h2,5,8,11-12,16-17H,3-4,6-7,9-10H2,1H3,(H,23,25)/t16-,17-/m0/s1. The number of fused-ring (bicyclic) bond motifs is 1. The van der Waals surface area contributed by atoms with Gasteiger partial charge in [-0.2, -0.15) is 0 Å². The maximum atomic E-state index is 12.7. The Morgan fingerprint density at radius 2 is 2.08 bits per heavy atom. The fourth-order valence-electron chi connectivity index (χ4n) is 4.03. The van der Waals surface area contributed by atoms with Crippen LogP contribution in [-0.2, 0) is 0 Å². The number of amides is 1. The van der Waals surface area contributed by atoms with Gasteiger partial charge in [0.2, 0.25) is 0 Å². The number of carbonyl (C=O) groups excluding carboxylic acids is 1. The maximum absolute atomic E-state index is 12.7. The first-order valence-corrected chi connectivity index (χ1v) is 9.01. The second kappa shape index (κ2) is 6.88. The molecule has 6 nitrogen and oxygen atoms in total. The van der Waals surface area contributed by atoms with Crippen LogP contribution in [0.4, 0.5) is 0 Å². The average Bonchev–Trinajstić information content (AvgIpc) is 3.12. The summed E-state index contributed by atoms with van der Waals surface area (Å²) >= 11 is 0. The summed E-state index contributed by atoms with van der Waals surface area (Å²) in [5.74, 6) is 0.538. The summed E-state index contributed by atoms with van der Waals surface area (Å²) in [6.07, 6.45) is 9.70. The molecule has 2 atom stereocenters. The minimum Gasteiger partial charge on any atom is -0.348 e. The molecule has 0 bridgehead atoms. The quantitative estimate of drug-likeness (QED) is 0.930. The SMILES string of the molecule is Cc1nc(-c2cccnc2)ncc1C(=O)N[C@H]1CCCN2CCC[C@@H]12. The zero-order valence-corrected chi connectivity index (χ0v) is 14.5. The molecule has 25 heavy (non-hydrogen) atoms. The second-order valence-electron chi connectivity index (χ2n) is 6.90. The predicted molar refractivity (Wildman–Crippen MR) is 95.1 cm³/mol. The van der Waals surface area contributed by atoms with Crippen molar-refractivity contribution < 1.29 is 4.79 Å². The van der Waals surface area contributed by atoms with Crippen molar-refractivity contribution in [1.82, 2.24) is 25.2 Å². The van der Waals surface area contributed by atoms with Gasteiger partial charge in [0.25, 0.3) is 5.91 Å². The molecule has 0 aliphatic carbocycles. The van der Waals surface area contributed by atoms with Crippen LogP contribution in [0.25, 0.3) is 11.4 Å². The van der Waals surface area contributed by atoms with Crippen LogP contribution < -0.4 is 5.32 Å². The third kappa shape index (κ3) is 3.26. The molecule has 2 aliphatic heterocycles. The van der Waals surface area contributed by atoms with Gasteiger partial charge in [0.1, 0.15) is 0 Å². The minimum atomic E-state index is -0.0611. The number of carbonyl (C=O) groups is 1. The Morgan fingerprint density at radius 3 is 2.84 bits per heavy atom. The van der Waals surface area contributed by atoms with Gasteiger partial charge in [0.05, 0.1) is 11.3 Å². The van der Waals surface area contributed by atoms with Crippen molar-refractivity contribution in [3.05, 3.63) is 42.0 Å². The van der Waals surface area contributed by atoms with Gasteiger partial charge >= 0.3 is 0 Å². The zero-order valence-electron chi connectivity index (χ0n) is 14.5. The van der Waals surface area contributed by atoms with Gasteiger partial charge in [-0.25, -0.2) is 9.97 Å². The summed E-state index contributed by atoms with van der Waals surface area (Å²) in [5.41, 5.74) is 2.11. The first-order valence-electron chi connectivity index (χ1n) is 9.01. The molecule has 0 saturated carbocycles. The summed E-state index contributed by atoms with van der Waals surface area (Å²) in [4.78, 5) is 28.2. The predicted octanol–water partition coefficient (Wildman–Crippen LogP) is 2.20. The molecular weight excluding hydrogens is 314 g/mol. The van der Waals surface area contributed by atoms with Crippen molar-refractivity contribution in [2.24, 2.45) is 0 Å². The number of rotatable bonds is 3. The molecule has 4 rings (SSSR count).